The van der Waals surface area contributed by atoms with E-state index in [1.165, 1.54) is 18.2 Å². The second kappa shape index (κ2) is 9.15. The highest BCUT2D eigenvalue weighted by Gasteiger charge is 2.37. The van der Waals surface area contributed by atoms with E-state index in [0.717, 1.165) is 12.1 Å². The second-order valence-corrected chi connectivity index (χ2v) is 7.54. The van der Waals surface area contributed by atoms with Crippen molar-refractivity contribution in [1.29, 1.82) is 5.26 Å². The van der Waals surface area contributed by atoms with E-state index >= 15 is 0 Å². The third kappa shape index (κ3) is 4.45. The van der Waals surface area contributed by atoms with Gasteiger partial charge in [0.1, 0.15) is 17.7 Å². The summed E-state index contributed by atoms with van der Waals surface area (Å²) in [4.78, 5) is 14.3. The van der Waals surface area contributed by atoms with E-state index < -0.39 is 29.6 Å². The van der Waals surface area contributed by atoms with Crippen molar-refractivity contribution in [1.82, 2.24) is 4.90 Å². The fraction of sp³-hybridized carbons (Fsp3) is 0.200. The van der Waals surface area contributed by atoms with Crippen molar-refractivity contribution >= 4 is 5.91 Å². The molecule has 0 saturated carbocycles. The molecule has 1 heterocycles. The van der Waals surface area contributed by atoms with Crippen molar-refractivity contribution < 1.29 is 22.7 Å². The van der Waals surface area contributed by atoms with Crippen LogP contribution in [0.3, 0.4) is 0 Å². The smallest absolute Gasteiger partial charge is 0.223 e. The fourth-order valence-electron chi connectivity index (χ4n) is 3.90. The summed E-state index contributed by atoms with van der Waals surface area (Å²) in [5.41, 5.74) is 1.36. The van der Waals surface area contributed by atoms with Crippen LogP contribution in [0.4, 0.5) is 13.2 Å². The van der Waals surface area contributed by atoms with Crippen molar-refractivity contribution in [2.45, 2.75) is 25.0 Å². The van der Waals surface area contributed by atoms with Gasteiger partial charge in [-0.15, -0.1) is 0 Å². The van der Waals surface area contributed by atoms with E-state index in [2.05, 4.69) is 0 Å². The van der Waals surface area contributed by atoms with Gasteiger partial charge in [0.05, 0.1) is 17.7 Å². The maximum absolute atomic E-state index is 14.2. The van der Waals surface area contributed by atoms with Gasteiger partial charge in [-0.2, -0.15) is 5.26 Å². The molecule has 32 heavy (non-hydrogen) atoms. The number of carbonyl (C=O) groups is 1. The van der Waals surface area contributed by atoms with Gasteiger partial charge < -0.3 is 9.64 Å². The zero-order valence-electron chi connectivity index (χ0n) is 17.0. The van der Waals surface area contributed by atoms with Crippen molar-refractivity contribution in [3.05, 3.63) is 101 Å². The lowest BCUT2D eigenvalue weighted by Gasteiger charge is -2.35. The molecule has 0 spiro atoms. The van der Waals surface area contributed by atoms with Gasteiger partial charge in [0.2, 0.25) is 5.91 Å². The lowest BCUT2D eigenvalue weighted by Crippen LogP contribution is -2.36. The van der Waals surface area contributed by atoms with Crippen LogP contribution < -0.4 is 4.74 Å². The molecule has 1 aliphatic rings. The van der Waals surface area contributed by atoms with Crippen molar-refractivity contribution in [2.24, 2.45) is 0 Å². The zero-order valence-corrected chi connectivity index (χ0v) is 17.0. The number of rotatable bonds is 6. The number of halogens is 3. The molecule has 162 valence electrons. The van der Waals surface area contributed by atoms with E-state index in [1.54, 1.807) is 41.3 Å². The summed E-state index contributed by atoms with van der Waals surface area (Å²) in [6.07, 6.45) is 0.0993. The Kier molecular flexibility index (Phi) is 6.13. The molecule has 1 fully saturated rings. The standard InChI is InChI=1S/C25H19F3N2O2/c26-19-8-5-17(6-9-19)24(30-13-1-2-23(30)31)25(18-7-12-21(27)22(28)14-18)32-20-10-3-16(15-29)4-11-20/h3-12,14,24-25H,1-2,13H2/t24-,25-/m1/s1. The minimum atomic E-state index is -1.04. The topological polar surface area (TPSA) is 53.3 Å². The van der Waals surface area contributed by atoms with Crippen LogP contribution in [0.1, 0.15) is 41.7 Å². The van der Waals surface area contributed by atoms with E-state index in [4.69, 9.17) is 10.00 Å². The first kappa shape index (κ1) is 21.4. The predicted octanol–water partition coefficient (Wildman–Crippen LogP) is 5.46. The Balaban J connectivity index is 1.82. The van der Waals surface area contributed by atoms with E-state index in [1.807, 2.05) is 6.07 Å². The van der Waals surface area contributed by atoms with Gasteiger partial charge in [-0.1, -0.05) is 18.2 Å². The first-order valence-corrected chi connectivity index (χ1v) is 10.1. The summed E-state index contributed by atoms with van der Waals surface area (Å²) < 4.78 is 47.6. The van der Waals surface area contributed by atoms with E-state index in [-0.39, 0.29) is 5.91 Å². The maximum Gasteiger partial charge on any atom is 0.223 e. The Morgan fingerprint density at radius 1 is 0.906 bits per heavy atom. The summed E-state index contributed by atoms with van der Waals surface area (Å²) >= 11 is 0. The Bertz CT molecular complexity index is 1160. The van der Waals surface area contributed by atoms with Crippen LogP contribution in [0, 0.1) is 28.8 Å². The van der Waals surface area contributed by atoms with Gasteiger partial charge in [-0.25, -0.2) is 13.2 Å². The average Bonchev–Trinajstić information content (AvgIpc) is 3.22. The predicted molar refractivity (Wildman–Crippen MR) is 111 cm³/mol. The molecule has 3 aromatic rings. The van der Waals surface area contributed by atoms with Crippen molar-refractivity contribution in [3.63, 3.8) is 0 Å². The fourth-order valence-corrected chi connectivity index (χ4v) is 3.90. The highest BCUT2D eigenvalue weighted by Crippen LogP contribution is 2.40. The molecule has 3 aromatic carbocycles. The van der Waals surface area contributed by atoms with Crippen LogP contribution in [0.25, 0.3) is 0 Å². The summed E-state index contributed by atoms with van der Waals surface area (Å²) in [5.74, 6) is -2.19. The first-order valence-electron chi connectivity index (χ1n) is 10.1. The van der Waals surface area contributed by atoms with Gasteiger partial charge in [-0.3, -0.25) is 4.79 Å². The third-order valence-corrected chi connectivity index (χ3v) is 5.46. The third-order valence-electron chi connectivity index (χ3n) is 5.46. The minimum Gasteiger partial charge on any atom is -0.483 e. The number of likely N-dealkylation sites (tertiary alicyclic amines) is 1. The number of nitrogens with zero attached hydrogens (tertiary/aromatic N) is 2. The van der Waals surface area contributed by atoms with Gasteiger partial charge >= 0.3 is 0 Å². The summed E-state index contributed by atoms with van der Waals surface area (Å²) in [6, 6.07) is 16.8. The Labute approximate surface area is 183 Å². The molecule has 4 nitrogen and oxygen atoms in total. The summed E-state index contributed by atoms with van der Waals surface area (Å²) in [5, 5.41) is 9.03. The summed E-state index contributed by atoms with van der Waals surface area (Å²) in [6.45, 7) is 0.456. The number of benzene rings is 3. The van der Waals surface area contributed by atoms with Gasteiger partial charge in [0.15, 0.2) is 11.6 Å². The van der Waals surface area contributed by atoms with Gasteiger partial charge in [0.25, 0.3) is 0 Å². The Morgan fingerprint density at radius 3 is 2.19 bits per heavy atom. The molecule has 1 aliphatic heterocycles. The largest absolute Gasteiger partial charge is 0.483 e. The van der Waals surface area contributed by atoms with Crippen LogP contribution >= 0.6 is 0 Å². The molecular formula is C25H19F3N2O2. The first-order chi connectivity index (χ1) is 15.5. The summed E-state index contributed by atoms with van der Waals surface area (Å²) in [7, 11) is 0. The van der Waals surface area contributed by atoms with Crippen LogP contribution in [-0.4, -0.2) is 17.4 Å². The lowest BCUT2D eigenvalue weighted by molar-refractivity contribution is -0.131. The number of amides is 1. The molecule has 2 atom stereocenters. The molecule has 0 unspecified atom stereocenters. The molecular weight excluding hydrogens is 417 g/mol. The number of hydrogen-bond donors (Lipinski definition) is 0. The average molecular weight is 436 g/mol. The molecule has 0 radical (unpaired) electrons. The van der Waals surface area contributed by atoms with E-state index in [9.17, 15) is 18.0 Å². The number of ether oxygens (including phenoxy) is 1. The highest BCUT2D eigenvalue weighted by atomic mass is 19.2. The normalized spacial score (nSPS) is 15.3. The Morgan fingerprint density at radius 2 is 1.59 bits per heavy atom. The molecule has 0 aromatic heterocycles. The van der Waals surface area contributed by atoms with Crippen molar-refractivity contribution in [3.8, 4) is 11.8 Å². The molecule has 0 N–H and O–H groups in total. The molecule has 0 bridgehead atoms. The minimum absolute atomic E-state index is 0.102. The molecule has 7 heteroatoms. The lowest BCUT2D eigenvalue weighted by atomic mass is 9.93. The molecule has 1 amide bonds. The Hall–Kier alpha value is -3.79. The van der Waals surface area contributed by atoms with Crippen molar-refractivity contribution in [2.75, 3.05) is 6.54 Å². The SMILES string of the molecule is N#Cc1ccc(O[C@H](c2ccc(F)c(F)c2)[C@@H](c2ccc(F)cc2)N2CCCC2=O)cc1. The number of nitriles is 1. The van der Waals surface area contributed by atoms with Gasteiger partial charge in [-0.05, 0) is 66.1 Å². The van der Waals surface area contributed by atoms with Crippen LogP contribution in [0.5, 0.6) is 5.75 Å². The second-order valence-electron chi connectivity index (χ2n) is 7.54. The zero-order chi connectivity index (χ0) is 22.7. The monoisotopic (exact) mass is 436 g/mol. The van der Waals surface area contributed by atoms with Gasteiger partial charge in [0, 0.05) is 13.0 Å². The maximum atomic E-state index is 14.2. The molecule has 4 rings (SSSR count). The molecule has 0 aliphatic carbocycles. The van der Waals surface area contributed by atoms with Crippen LogP contribution in [-0.2, 0) is 4.79 Å². The molecule has 1 saturated heterocycles. The van der Waals surface area contributed by atoms with Crippen LogP contribution in [0.15, 0.2) is 66.7 Å². The number of carbonyl (C=O) groups excluding carboxylic acids is 1. The highest BCUT2D eigenvalue weighted by molar-refractivity contribution is 5.78. The van der Waals surface area contributed by atoms with Crippen LogP contribution in [0.2, 0.25) is 0 Å². The quantitative estimate of drug-likeness (QED) is 0.516. The van der Waals surface area contributed by atoms with E-state index in [0.29, 0.717) is 41.8 Å². The number of hydrogen-bond acceptors (Lipinski definition) is 3.